The first-order chi connectivity index (χ1) is 17.7. The van der Waals surface area contributed by atoms with Crippen molar-refractivity contribution in [3.63, 3.8) is 0 Å². The third kappa shape index (κ3) is 6.87. The van der Waals surface area contributed by atoms with Gasteiger partial charge in [0.2, 0.25) is 11.8 Å². The lowest BCUT2D eigenvalue weighted by Crippen LogP contribution is -2.52. The van der Waals surface area contributed by atoms with Crippen LogP contribution in [0.3, 0.4) is 0 Å². The molecule has 0 fully saturated rings. The Morgan fingerprint density at radius 2 is 1.57 bits per heavy atom. The second-order valence-electron chi connectivity index (χ2n) is 8.24. The third-order valence-corrected chi connectivity index (χ3v) is 7.76. The minimum absolute atomic E-state index is 0.0299. The maximum atomic E-state index is 14.9. The highest BCUT2D eigenvalue weighted by atomic mass is 35.5. The molecule has 0 bridgehead atoms. The molecule has 10 heteroatoms. The van der Waals surface area contributed by atoms with Crippen molar-refractivity contribution in [3.05, 3.63) is 95.3 Å². The molecular weight excluding hydrogens is 517 g/mol. The lowest BCUT2D eigenvalue weighted by molar-refractivity contribution is -0.140. The van der Waals surface area contributed by atoms with Crippen LogP contribution in [0.15, 0.2) is 83.8 Å². The van der Waals surface area contributed by atoms with E-state index in [4.69, 9.17) is 11.6 Å². The van der Waals surface area contributed by atoms with Gasteiger partial charge in [0.1, 0.15) is 18.4 Å². The number of halogens is 2. The summed E-state index contributed by atoms with van der Waals surface area (Å²) >= 11 is 6.00. The van der Waals surface area contributed by atoms with E-state index in [-0.39, 0.29) is 29.5 Å². The van der Waals surface area contributed by atoms with Gasteiger partial charge in [0.25, 0.3) is 10.0 Å². The summed E-state index contributed by atoms with van der Waals surface area (Å²) in [5.41, 5.74) is 0.432. The molecule has 196 valence electrons. The van der Waals surface area contributed by atoms with Gasteiger partial charge in [0.15, 0.2) is 0 Å². The van der Waals surface area contributed by atoms with Crippen LogP contribution in [0.5, 0.6) is 0 Å². The van der Waals surface area contributed by atoms with Crippen LogP contribution in [-0.2, 0) is 26.2 Å². The summed E-state index contributed by atoms with van der Waals surface area (Å²) in [6.07, 6.45) is 0.288. The monoisotopic (exact) mass is 545 g/mol. The summed E-state index contributed by atoms with van der Waals surface area (Å²) in [5.74, 6) is -1.82. The molecule has 0 aliphatic heterocycles. The first-order valence-electron chi connectivity index (χ1n) is 11.8. The van der Waals surface area contributed by atoms with Crippen molar-refractivity contribution >= 4 is 39.1 Å². The Kier molecular flexibility index (Phi) is 9.66. The summed E-state index contributed by atoms with van der Waals surface area (Å²) in [7, 11) is -4.32. The summed E-state index contributed by atoms with van der Waals surface area (Å²) in [5, 5.41) is 3.24. The van der Waals surface area contributed by atoms with E-state index in [0.717, 1.165) is 10.4 Å². The topological polar surface area (TPSA) is 86.8 Å². The zero-order valence-electron chi connectivity index (χ0n) is 20.6. The summed E-state index contributed by atoms with van der Waals surface area (Å²) < 4.78 is 42.8. The lowest BCUT2D eigenvalue weighted by atomic mass is 10.1. The molecule has 0 aliphatic carbocycles. The van der Waals surface area contributed by atoms with Crippen LogP contribution in [0, 0.1) is 5.82 Å². The van der Waals surface area contributed by atoms with Crippen molar-refractivity contribution in [2.24, 2.45) is 0 Å². The average Bonchev–Trinajstić information content (AvgIpc) is 2.89. The molecule has 7 nitrogen and oxygen atoms in total. The van der Waals surface area contributed by atoms with E-state index in [9.17, 15) is 22.4 Å². The molecule has 0 saturated carbocycles. The van der Waals surface area contributed by atoms with Crippen LogP contribution >= 0.6 is 11.6 Å². The van der Waals surface area contributed by atoms with E-state index in [0.29, 0.717) is 17.1 Å². The maximum absolute atomic E-state index is 14.9. The Balaban J connectivity index is 2.05. The molecule has 0 aromatic heterocycles. The number of amides is 2. The average molecular weight is 546 g/mol. The molecule has 0 spiro atoms. The van der Waals surface area contributed by atoms with Crippen LogP contribution in [0.2, 0.25) is 5.02 Å². The molecule has 0 saturated heterocycles. The van der Waals surface area contributed by atoms with E-state index < -0.39 is 34.3 Å². The Labute approximate surface area is 221 Å². The molecule has 37 heavy (non-hydrogen) atoms. The van der Waals surface area contributed by atoms with E-state index in [1.165, 1.54) is 35.2 Å². The molecule has 3 aromatic rings. The standard InChI is InChI=1S/C27H29ClFN3O4S/c1-3-24(27(34)30-4-2)31(18-20-14-16-21(28)17-15-20)26(33)19-32(25-13-9-8-12-23(25)29)37(35,36)22-10-6-5-7-11-22/h5-17,24H,3-4,18-19H2,1-2H3,(H,30,34)/t24-/m1/s1. The lowest BCUT2D eigenvalue weighted by Gasteiger charge is -2.33. The second-order valence-corrected chi connectivity index (χ2v) is 10.5. The van der Waals surface area contributed by atoms with Crippen molar-refractivity contribution in [3.8, 4) is 0 Å². The van der Waals surface area contributed by atoms with Crippen LogP contribution in [0.1, 0.15) is 25.8 Å². The van der Waals surface area contributed by atoms with Gasteiger partial charge >= 0.3 is 0 Å². The number of anilines is 1. The molecule has 0 heterocycles. The van der Waals surface area contributed by atoms with Crippen molar-refractivity contribution < 1.29 is 22.4 Å². The molecule has 0 radical (unpaired) electrons. The van der Waals surface area contributed by atoms with Gasteiger partial charge < -0.3 is 10.2 Å². The first kappa shape index (κ1) is 28.1. The number of hydrogen-bond donors (Lipinski definition) is 1. The molecule has 0 unspecified atom stereocenters. The Bertz CT molecular complexity index is 1320. The van der Waals surface area contributed by atoms with Gasteiger partial charge in [-0.15, -0.1) is 0 Å². The molecule has 2 amide bonds. The van der Waals surface area contributed by atoms with Crippen LogP contribution < -0.4 is 9.62 Å². The van der Waals surface area contributed by atoms with Gasteiger partial charge in [0, 0.05) is 18.1 Å². The highest BCUT2D eigenvalue weighted by Crippen LogP contribution is 2.27. The minimum Gasteiger partial charge on any atom is -0.355 e. The number of benzene rings is 3. The van der Waals surface area contributed by atoms with Gasteiger partial charge in [-0.3, -0.25) is 13.9 Å². The van der Waals surface area contributed by atoms with Crippen LogP contribution in [0.4, 0.5) is 10.1 Å². The van der Waals surface area contributed by atoms with Gasteiger partial charge in [-0.05, 0) is 55.3 Å². The maximum Gasteiger partial charge on any atom is 0.264 e. The minimum atomic E-state index is -4.32. The highest BCUT2D eigenvalue weighted by Gasteiger charge is 2.34. The first-order valence-corrected chi connectivity index (χ1v) is 13.6. The van der Waals surface area contributed by atoms with Gasteiger partial charge in [-0.2, -0.15) is 0 Å². The van der Waals surface area contributed by atoms with Gasteiger partial charge in [-0.25, -0.2) is 12.8 Å². The number of carbonyl (C=O) groups is 2. The second kappa shape index (κ2) is 12.7. The number of nitrogens with zero attached hydrogens (tertiary/aromatic N) is 2. The zero-order valence-corrected chi connectivity index (χ0v) is 22.2. The van der Waals surface area contributed by atoms with Crippen LogP contribution in [0.25, 0.3) is 0 Å². The number of carbonyl (C=O) groups excluding carboxylic acids is 2. The summed E-state index contributed by atoms with van der Waals surface area (Å²) in [6.45, 7) is 3.21. The Morgan fingerprint density at radius 1 is 0.946 bits per heavy atom. The van der Waals surface area contributed by atoms with E-state index in [1.807, 2.05) is 0 Å². The smallest absolute Gasteiger partial charge is 0.264 e. The van der Waals surface area contributed by atoms with Crippen molar-refractivity contribution in [2.45, 2.75) is 37.8 Å². The van der Waals surface area contributed by atoms with Crippen molar-refractivity contribution in [1.82, 2.24) is 10.2 Å². The van der Waals surface area contributed by atoms with Crippen molar-refractivity contribution in [1.29, 1.82) is 0 Å². The number of rotatable bonds is 11. The van der Waals surface area contributed by atoms with Crippen molar-refractivity contribution in [2.75, 3.05) is 17.4 Å². The zero-order chi connectivity index (χ0) is 27.0. The number of nitrogens with one attached hydrogen (secondary N) is 1. The number of hydrogen-bond acceptors (Lipinski definition) is 4. The number of likely N-dealkylation sites (N-methyl/N-ethyl adjacent to an activating group) is 1. The van der Waals surface area contributed by atoms with E-state index >= 15 is 0 Å². The SMILES string of the molecule is CCNC(=O)[C@@H](CC)N(Cc1ccc(Cl)cc1)C(=O)CN(c1ccccc1F)S(=O)(=O)c1ccccc1. The normalized spacial score (nSPS) is 12.0. The van der Waals surface area contributed by atoms with Gasteiger partial charge in [-0.1, -0.05) is 61.0 Å². The van der Waals surface area contributed by atoms with E-state index in [2.05, 4.69) is 5.32 Å². The molecule has 0 aliphatic rings. The fourth-order valence-corrected chi connectivity index (χ4v) is 5.45. The summed E-state index contributed by atoms with van der Waals surface area (Å²) in [4.78, 5) is 27.9. The molecule has 1 atom stereocenters. The third-order valence-electron chi connectivity index (χ3n) is 5.73. The Morgan fingerprint density at radius 3 is 2.16 bits per heavy atom. The predicted molar refractivity (Wildman–Crippen MR) is 142 cm³/mol. The predicted octanol–water partition coefficient (Wildman–Crippen LogP) is 4.62. The molecule has 3 rings (SSSR count). The largest absolute Gasteiger partial charge is 0.355 e. The fourth-order valence-electron chi connectivity index (χ4n) is 3.89. The number of para-hydroxylation sites is 1. The Hall–Kier alpha value is -3.43. The fraction of sp³-hybridized carbons (Fsp3) is 0.259. The van der Waals surface area contributed by atoms with Gasteiger partial charge in [0.05, 0.1) is 10.6 Å². The highest BCUT2D eigenvalue weighted by molar-refractivity contribution is 7.92. The molecule has 3 aromatic carbocycles. The summed E-state index contributed by atoms with van der Waals surface area (Å²) in [6, 6.07) is 18.8. The van der Waals surface area contributed by atoms with E-state index in [1.54, 1.807) is 56.3 Å². The molecule has 1 N–H and O–H groups in total. The molecular formula is C27H29ClFN3O4S. The quantitative estimate of drug-likeness (QED) is 0.381. The van der Waals surface area contributed by atoms with Crippen LogP contribution in [-0.4, -0.2) is 44.3 Å². The number of sulfonamides is 1.